The molecule has 2 heteroatoms. The largest absolute Gasteiger partial charge is 0.385 e. The van der Waals surface area contributed by atoms with Crippen molar-refractivity contribution in [2.24, 2.45) is 0 Å². The van der Waals surface area contributed by atoms with Gasteiger partial charge >= 0.3 is 0 Å². The fourth-order valence-electron chi connectivity index (χ4n) is 3.55. The maximum absolute atomic E-state index is 10.8. The lowest BCUT2D eigenvalue weighted by atomic mass is 9.79. The predicted octanol–water partition coefficient (Wildman–Crippen LogP) is 3.69. The van der Waals surface area contributed by atoms with Crippen LogP contribution in [0.3, 0.4) is 0 Å². The number of hydrogen-bond donors (Lipinski definition) is 2. The minimum Gasteiger partial charge on any atom is -0.385 e. The van der Waals surface area contributed by atoms with Gasteiger partial charge in [-0.1, -0.05) is 37.1 Å². The Morgan fingerprint density at radius 1 is 1.10 bits per heavy atom. The smallest absolute Gasteiger partial charge is 0.0883 e. The van der Waals surface area contributed by atoms with Gasteiger partial charge in [0.15, 0.2) is 0 Å². The zero-order valence-electron chi connectivity index (χ0n) is 12.6. The Morgan fingerprint density at radius 3 is 2.40 bits per heavy atom. The Morgan fingerprint density at radius 2 is 1.85 bits per heavy atom. The minimum absolute atomic E-state index is 0.463. The van der Waals surface area contributed by atoms with Crippen molar-refractivity contribution in [3.05, 3.63) is 35.4 Å². The molecule has 1 saturated heterocycles. The Hall–Kier alpha value is -0.860. The number of aliphatic hydroxyl groups is 1. The zero-order valence-corrected chi connectivity index (χ0v) is 12.6. The Bertz CT molecular complexity index is 427. The third kappa shape index (κ3) is 3.07. The molecule has 2 nitrogen and oxygen atoms in total. The quantitative estimate of drug-likeness (QED) is 0.877. The lowest BCUT2D eigenvalue weighted by Crippen LogP contribution is -2.39. The third-order valence-corrected chi connectivity index (χ3v) is 5.17. The van der Waals surface area contributed by atoms with E-state index in [1.54, 1.807) is 0 Å². The molecule has 1 aliphatic carbocycles. The first-order chi connectivity index (χ1) is 9.65. The van der Waals surface area contributed by atoms with Gasteiger partial charge < -0.3 is 10.4 Å². The fraction of sp³-hybridized carbons (Fsp3) is 0.667. The summed E-state index contributed by atoms with van der Waals surface area (Å²) in [7, 11) is 0. The van der Waals surface area contributed by atoms with E-state index in [-0.39, 0.29) is 0 Å². The molecule has 2 unspecified atom stereocenters. The predicted molar refractivity (Wildman–Crippen MR) is 82.9 cm³/mol. The van der Waals surface area contributed by atoms with Crippen molar-refractivity contribution < 1.29 is 5.11 Å². The summed E-state index contributed by atoms with van der Waals surface area (Å²) >= 11 is 0. The highest BCUT2D eigenvalue weighted by Crippen LogP contribution is 2.37. The van der Waals surface area contributed by atoms with E-state index in [1.165, 1.54) is 44.1 Å². The van der Waals surface area contributed by atoms with Gasteiger partial charge in [0.2, 0.25) is 0 Å². The molecule has 1 saturated carbocycles. The molecular weight excluding hydrogens is 246 g/mol. The molecule has 2 atom stereocenters. The van der Waals surface area contributed by atoms with Gasteiger partial charge in [-0.3, -0.25) is 0 Å². The zero-order chi connectivity index (χ0) is 14.0. The van der Waals surface area contributed by atoms with Crippen LogP contribution in [0.1, 0.15) is 68.9 Å². The van der Waals surface area contributed by atoms with E-state index in [4.69, 9.17) is 0 Å². The molecule has 0 aromatic heterocycles. The van der Waals surface area contributed by atoms with Crippen molar-refractivity contribution in [3.8, 4) is 0 Å². The number of hydrogen-bond acceptors (Lipinski definition) is 2. The fourth-order valence-corrected chi connectivity index (χ4v) is 3.55. The summed E-state index contributed by atoms with van der Waals surface area (Å²) in [5.41, 5.74) is 1.80. The first-order valence-corrected chi connectivity index (χ1v) is 8.21. The van der Waals surface area contributed by atoms with Crippen molar-refractivity contribution >= 4 is 0 Å². The van der Waals surface area contributed by atoms with Gasteiger partial charge in [0.25, 0.3) is 0 Å². The van der Waals surface area contributed by atoms with E-state index in [0.29, 0.717) is 6.04 Å². The van der Waals surface area contributed by atoms with Crippen molar-refractivity contribution in [2.45, 2.75) is 69.4 Å². The van der Waals surface area contributed by atoms with Crippen LogP contribution >= 0.6 is 0 Å². The molecule has 1 aliphatic heterocycles. The summed E-state index contributed by atoms with van der Waals surface area (Å²) in [5.74, 6) is 0.772. The highest BCUT2D eigenvalue weighted by molar-refractivity contribution is 5.30. The molecule has 2 N–H and O–H groups in total. The molecule has 3 rings (SSSR count). The summed E-state index contributed by atoms with van der Waals surface area (Å²) in [4.78, 5) is 0. The van der Waals surface area contributed by atoms with Gasteiger partial charge in [-0.25, -0.2) is 0 Å². The second-order valence-electron chi connectivity index (χ2n) is 6.87. The van der Waals surface area contributed by atoms with Crippen LogP contribution in [0.4, 0.5) is 0 Å². The summed E-state index contributed by atoms with van der Waals surface area (Å²) in [6, 6.07) is 9.18. The maximum atomic E-state index is 10.8. The van der Waals surface area contributed by atoms with Gasteiger partial charge in [-0.15, -0.1) is 0 Å². The lowest BCUT2D eigenvalue weighted by Gasteiger charge is -2.32. The van der Waals surface area contributed by atoms with Gasteiger partial charge in [0.05, 0.1) is 5.60 Å². The van der Waals surface area contributed by atoms with Crippen LogP contribution in [0.15, 0.2) is 24.3 Å². The van der Waals surface area contributed by atoms with E-state index < -0.39 is 5.60 Å². The van der Waals surface area contributed by atoms with Crippen LogP contribution in [-0.4, -0.2) is 17.7 Å². The van der Waals surface area contributed by atoms with Gasteiger partial charge in [0, 0.05) is 6.04 Å². The van der Waals surface area contributed by atoms with Crippen LogP contribution in [0, 0.1) is 0 Å². The normalized spacial score (nSPS) is 26.8. The van der Waals surface area contributed by atoms with Crippen molar-refractivity contribution in [1.82, 2.24) is 5.32 Å². The van der Waals surface area contributed by atoms with Gasteiger partial charge in [-0.05, 0) is 62.6 Å². The van der Waals surface area contributed by atoms with E-state index in [2.05, 4.69) is 29.6 Å². The number of piperidine rings is 1. The van der Waals surface area contributed by atoms with E-state index in [1.807, 2.05) is 6.92 Å². The van der Waals surface area contributed by atoms with Crippen LogP contribution in [-0.2, 0) is 5.60 Å². The third-order valence-electron chi connectivity index (χ3n) is 5.17. The second kappa shape index (κ2) is 5.87. The number of rotatable bonds is 4. The molecule has 0 spiro atoms. The van der Waals surface area contributed by atoms with Crippen molar-refractivity contribution in [2.75, 3.05) is 6.54 Å². The Kier molecular flexibility index (Phi) is 4.13. The summed E-state index contributed by atoms with van der Waals surface area (Å²) < 4.78 is 0. The minimum atomic E-state index is -0.715. The van der Waals surface area contributed by atoms with Crippen LogP contribution in [0.2, 0.25) is 0 Å². The molecular formula is C18H27NO. The van der Waals surface area contributed by atoms with Crippen LogP contribution in [0.25, 0.3) is 0 Å². The van der Waals surface area contributed by atoms with Gasteiger partial charge in [0.1, 0.15) is 0 Å². The Balaban J connectivity index is 1.66. The average Bonchev–Trinajstić information content (AvgIpc) is 2.38. The van der Waals surface area contributed by atoms with Crippen LogP contribution in [0.5, 0.6) is 0 Å². The van der Waals surface area contributed by atoms with Crippen LogP contribution < -0.4 is 5.32 Å². The lowest BCUT2D eigenvalue weighted by molar-refractivity contribution is 0.0332. The molecule has 1 heterocycles. The molecule has 0 radical (unpaired) electrons. The van der Waals surface area contributed by atoms with Gasteiger partial charge in [-0.2, -0.15) is 0 Å². The van der Waals surface area contributed by atoms with E-state index >= 15 is 0 Å². The Labute approximate surface area is 122 Å². The topological polar surface area (TPSA) is 32.3 Å². The average molecular weight is 273 g/mol. The SMILES string of the molecule is CC(O)(CC1CCCCN1)c1ccc(C2CCC2)cc1. The number of nitrogens with one attached hydrogen (secondary N) is 1. The molecule has 1 aromatic rings. The summed E-state index contributed by atoms with van der Waals surface area (Å²) in [6.45, 7) is 3.06. The standard InChI is InChI=1S/C18H27NO/c1-18(20,13-17-7-2-3-12-19-17)16-10-8-15(9-11-16)14-5-4-6-14/h8-11,14,17,19-20H,2-7,12-13H2,1H3. The molecule has 1 aromatic carbocycles. The molecule has 0 amide bonds. The maximum Gasteiger partial charge on any atom is 0.0883 e. The molecule has 2 fully saturated rings. The van der Waals surface area contributed by atoms with Crippen molar-refractivity contribution in [1.29, 1.82) is 0 Å². The van der Waals surface area contributed by atoms with Crippen molar-refractivity contribution in [3.63, 3.8) is 0 Å². The summed E-state index contributed by atoms with van der Waals surface area (Å²) in [5, 5.41) is 14.3. The first kappa shape index (κ1) is 14.1. The molecule has 20 heavy (non-hydrogen) atoms. The summed E-state index contributed by atoms with van der Waals surface area (Å²) in [6.07, 6.45) is 8.61. The highest BCUT2D eigenvalue weighted by atomic mass is 16.3. The van der Waals surface area contributed by atoms with E-state index in [0.717, 1.165) is 24.4 Å². The second-order valence-corrected chi connectivity index (χ2v) is 6.87. The highest BCUT2D eigenvalue weighted by Gasteiger charge is 2.28. The molecule has 2 aliphatic rings. The molecule has 110 valence electrons. The molecule has 0 bridgehead atoms. The van der Waals surface area contributed by atoms with E-state index in [9.17, 15) is 5.11 Å². The number of benzene rings is 1. The monoisotopic (exact) mass is 273 g/mol. The first-order valence-electron chi connectivity index (χ1n) is 8.21.